The van der Waals surface area contributed by atoms with Gasteiger partial charge < -0.3 is 35.0 Å². The summed E-state index contributed by atoms with van der Waals surface area (Å²) in [4.78, 5) is 39.9. The standard InChI is InChI=1S/C26H30FN3O10/c1-16-3-2-4-19(40-15-18-13-17(5-6-20(18)27)14-29-9-11-39-12-10-29)7-8-30(21(16)31)24(34)22(32)28-23(33)25(35,36)26(24,37)38/h2-7,13,34-38H,8-12,14-15H2,1H3,(H,28,32,33)/b4-2-,16-3+,19-7-. The molecule has 6 N–H and O–H groups in total. The Morgan fingerprint density at radius 2 is 1.77 bits per heavy atom. The molecule has 3 aliphatic heterocycles. The molecule has 1 unspecified atom stereocenters. The third-order valence-electron chi connectivity index (χ3n) is 6.90. The summed E-state index contributed by atoms with van der Waals surface area (Å²) in [6.45, 7) is 3.63. The predicted octanol–water partition coefficient (Wildman–Crippen LogP) is -1.89. The van der Waals surface area contributed by atoms with Crippen LogP contribution in [0.25, 0.3) is 0 Å². The largest absolute Gasteiger partial charge is 0.489 e. The molecule has 3 amide bonds. The van der Waals surface area contributed by atoms with E-state index in [0.717, 1.165) is 18.7 Å². The minimum Gasteiger partial charge on any atom is -0.489 e. The van der Waals surface area contributed by atoms with Gasteiger partial charge in [-0.25, -0.2) is 4.39 Å². The zero-order valence-corrected chi connectivity index (χ0v) is 21.5. The Morgan fingerprint density at radius 3 is 2.48 bits per heavy atom. The van der Waals surface area contributed by atoms with Gasteiger partial charge >= 0.3 is 5.79 Å². The molecule has 3 aliphatic rings. The quantitative estimate of drug-likeness (QED) is 0.168. The number of hydrogen-bond acceptors (Lipinski definition) is 11. The number of rotatable bonds is 6. The highest BCUT2D eigenvalue weighted by Gasteiger charge is 2.75. The van der Waals surface area contributed by atoms with E-state index >= 15 is 0 Å². The van der Waals surface area contributed by atoms with Crippen molar-refractivity contribution in [2.75, 3.05) is 32.8 Å². The maximum atomic E-state index is 14.6. The monoisotopic (exact) mass is 563 g/mol. The van der Waals surface area contributed by atoms with Gasteiger partial charge in [0.05, 0.1) is 13.2 Å². The maximum absolute atomic E-state index is 14.6. The van der Waals surface area contributed by atoms with Crippen LogP contribution in [0.4, 0.5) is 4.39 Å². The predicted molar refractivity (Wildman–Crippen MR) is 132 cm³/mol. The Morgan fingerprint density at radius 1 is 1.07 bits per heavy atom. The molecule has 2 saturated heterocycles. The van der Waals surface area contributed by atoms with E-state index < -0.39 is 47.4 Å². The van der Waals surface area contributed by atoms with Crippen LogP contribution in [0.2, 0.25) is 0 Å². The van der Waals surface area contributed by atoms with Crippen LogP contribution in [0.1, 0.15) is 18.1 Å². The van der Waals surface area contributed by atoms with E-state index in [-0.39, 0.29) is 28.4 Å². The second kappa shape index (κ2) is 11.2. The van der Waals surface area contributed by atoms with Crippen LogP contribution >= 0.6 is 0 Å². The van der Waals surface area contributed by atoms with Crippen molar-refractivity contribution in [1.82, 2.24) is 15.1 Å². The maximum Gasteiger partial charge on any atom is 0.306 e. The van der Waals surface area contributed by atoms with Gasteiger partial charge in [-0.05, 0) is 36.8 Å². The van der Waals surface area contributed by atoms with Gasteiger partial charge in [0.1, 0.15) is 18.2 Å². The Balaban J connectivity index is 1.58. The Kier molecular flexibility index (Phi) is 8.23. The Hall–Kier alpha value is -3.50. The number of carbonyl (C=O) groups excluding carboxylic acids is 3. The average molecular weight is 564 g/mol. The van der Waals surface area contributed by atoms with Crippen molar-refractivity contribution in [3.8, 4) is 0 Å². The van der Waals surface area contributed by atoms with E-state index in [9.17, 15) is 44.3 Å². The number of nitrogens with one attached hydrogen (secondary N) is 1. The van der Waals surface area contributed by atoms with Gasteiger partial charge in [-0.2, -0.15) is 0 Å². The molecule has 1 atom stereocenters. The summed E-state index contributed by atoms with van der Waals surface area (Å²) >= 11 is 0. The molecule has 1 aromatic carbocycles. The Bertz CT molecular complexity index is 1290. The lowest BCUT2D eigenvalue weighted by Gasteiger charge is -2.50. The zero-order valence-electron chi connectivity index (χ0n) is 21.5. The van der Waals surface area contributed by atoms with E-state index in [1.165, 1.54) is 42.6 Å². The third kappa shape index (κ3) is 5.30. The molecule has 14 heteroatoms. The number of hydrogen-bond donors (Lipinski definition) is 6. The summed E-state index contributed by atoms with van der Waals surface area (Å²) < 4.78 is 25.7. The van der Waals surface area contributed by atoms with Gasteiger partial charge in [0.2, 0.25) is 0 Å². The van der Waals surface area contributed by atoms with Crippen LogP contribution in [0, 0.1) is 5.82 Å². The fraction of sp³-hybridized carbons (Fsp3) is 0.423. The number of halogens is 1. The van der Waals surface area contributed by atoms with Gasteiger partial charge in [-0.15, -0.1) is 0 Å². The van der Waals surface area contributed by atoms with Crippen molar-refractivity contribution >= 4 is 17.7 Å². The molecule has 4 rings (SSSR count). The van der Waals surface area contributed by atoms with Gasteiger partial charge in [0, 0.05) is 37.3 Å². The molecule has 0 aromatic heterocycles. The van der Waals surface area contributed by atoms with Crippen LogP contribution in [0.15, 0.2) is 53.8 Å². The van der Waals surface area contributed by atoms with E-state index in [0.29, 0.717) is 19.8 Å². The van der Waals surface area contributed by atoms with E-state index in [1.807, 2.05) is 0 Å². The fourth-order valence-electron chi connectivity index (χ4n) is 4.45. The summed E-state index contributed by atoms with van der Waals surface area (Å²) in [5.41, 5.74) is -2.75. The number of aliphatic hydroxyl groups is 5. The lowest BCUT2D eigenvalue weighted by molar-refractivity contribution is -0.407. The SMILES string of the molecule is C\C1=C/C=C\C(OCc2cc(CN3CCOCC3)ccc2F)=C\CN(C2(O)C(=O)NC(=O)C(O)(O)C2(O)O)C1=O. The minimum absolute atomic E-state index is 0.0402. The third-order valence-corrected chi connectivity index (χ3v) is 6.90. The molecular formula is C26H30FN3O10. The molecule has 13 nitrogen and oxygen atoms in total. The number of benzene rings is 1. The zero-order chi connectivity index (χ0) is 29.3. The highest BCUT2D eigenvalue weighted by atomic mass is 19.1. The first-order chi connectivity index (χ1) is 18.8. The summed E-state index contributed by atoms with van der Waals surface area (Å²) in [6, 6.07) is 4.65. The molecule has 0 spiro atoms. The summed E-state index contributed by atoms with van der Waals surface area (Å²) in [6.07, 6.45) is 5.25. The lowest BCUT2D eigenvalue weighted by atomic mass is 9.86. The second-order valence-electron chi connectivity index (χ2n) is 9.63. The molecule has 0 bridgehead atoms. The molecule has 216 valence electrons. The number of amides is 3. The summed E-state index contributed by atoms with van der Waals surface area (Å²) in [5, 5.41) is 53.3. The molecule has 0 saturated carbocycles. The van der Waals surface area contributed by atoms with Crippen LogP contribution in [-0.2, 0) is 37.0 Å². The second-order valence-corrected chi connectivity index (χ2v) is 9.63. The molecular weight excluding hydrogens is 533 g/mol. The number of piperidine rings is 1. The molecule has 3 heterocycles. The minimum atomic E-state index is -4.24. The smallest absolute Gasteiger partial charge is 0.306 e. The number of nitrogens with zero attached hydrogens (tertiary/aromatic N) is 2. The van der Waals surface area contributed by atoms with Gasteiger partial charge in [-0.1, -0.05) is 18.2 Å². The number of ether oxygens (including phenoxy) is 2. The fourth-order valence-corrected chi connectivity index (χ4v) is 4.45. The van der Waals surface area contributed by atoms with Crippen LogP contribution in [0.3, 0.4) is 0 Å². The van der Waals surface area contributed by atoms with Crippen LogP contribution in [0.5, 0.6) is 0 Å². The van der Waals surface area contributed by atoms with E-state index in [4.69, 9.17) is 9.47 Å². The van der Waals surface area contributed by atoms with Crippen molar-refractivity contribution in [1.29, 1.82) is 0 Å². The van der Waals surface area contributed by atoms with E-state index in [2.05, 4.69) is 4.90 Å². The van der Waals surface area contributed by atoms with Crippen molar-refractivity contribution < 1.29 is 53.8 Å². The molecule has 40 heavy (non-hydrogen) atoms. The summed E-state index contributed by atoms with van der Waals surface area (Å²) in [7, 11) is 0. The average Bonchev–Trinajstić information content (AvgIpc) is 2.98. The van der Waals surface area contributed by atoms with Gasteiger partial charge in [-0.3, -0.25) is 29.5 Å². The highest BCUT2D eigenvalue weighted by molar-refractivity contribution is 6.08. The summed E-state index contributed by atoms with van der Waals surface area (Å²) in [5.74, 6) is -13.6. The molecule has 0 aliphatic carbocycles. The first-order valence-electron chi connectivity index (χ1n) is 12.3. The highest BCUT2D eigenvalue weighted by Crippen LogP contribution is 2.37. The normalized spacial score (nSPS) is 28.8. The van der Waals surface area contributed by atoms with Crippen LogP contribution in [-0.4, -0.2) is 103 Å². The number of carbonyl (C=O) groups is 3. The molecule has 2 fully saturated rings. The first kappa shape index (κ1) is 29.5. The number of allylic oxidation sites excluding steroid dienone is 3. The van der Waals surface area contributed by atoms with Crippen molar-refractivity contribution in [3.63, 3.8) is 0 Å². The van der Waals surface area contributed by atoms with Crippen molar-refractivity contribution in [2.45, 2.75) is 37.4 Å². The number of morpholine rings is 1. The van der Waals surface area contributed by atoms with Gasteiger partial charge in [0.15, 0.2) is 0 Å². The van der Waals surface area contributed by atoms with Gasteiger partial charge in [0.25, 0.3) is 29.2 Å². The van der Waals surface area contributed by atoms with Crippen molar-refractivity contribution in [3.05, 3.63) is 70.8 Å². The van der Waals surface area contributed by atoms with Crippen molar-refractivity contribution in [2.24, 2.45) is 0 Å². The topological polar surface area (TPSA) is 189 Å². The first-order valence-corrected chi connectivity index (χ1v) is 12.3. The van der Waals surface area contributed by atoms with Crippen LogP contribution < -0.4 is 5.32 Å². The number of imide groups is 1. The van der Waals surface area contributed by atoms with E-state index in [1.54, 1.807) is 12.1 Å². The molecule has 0 radical (unpaired) electrons. The lowest BCUT2D eigenvalue weighted by Crippen LogP contribution is -2.86. The molecule has 1 aromatic rings. The Labute approximate surface area is 228 Å².